The highest BCUT2D eigenvalue weighted by atomic mass is 15.0. The SMILES string of the molecule is C1=Cc2c(n(-c3cccc(-n4c5ccccc5c5ccccc54)c3)c3ccccc23)C=CC1. The number of fused-ring (bicyclic) bond motifs is 6. The molecule has 0 unspecified atom stereocenters. The van der Waals surface area contributed by atoms with Crippen molar-refractivity contribution >= 4 is 44.9 Å². The Bertz CT molecular complexity index is 1690. The molecule has 0 amide bonds. The van der Waals surface area contributed by atoms with E-state index in [0.29, 0.717) is 0 Å². The summed E-state index contributed by atoms with van der Waals surface area (Å²) in [5.41, 5.74) is 8.57. The van der Waals surface area contributed by atoms with Gasteiger partial charge in [-0.05, 0) is 48.9 Å². The zero-order chi connectivity index (χ0) is 21.8. The van der Waals surface area contributed by atoms with Gasteiger partial charge in [0.15, 0.2) is 0 Å². The Morgan fingerprint density at radius 2 is 1.03 bits per heavy atom. The van der Waals surface area contributed by atoms with Crippen LogP contribution in [-0.2, 0) is 0 Å². The normalized spacial score (nSPS) is 13.1. The predicted molar refractivity (Wildman–Crippen MR) is 140 cm³/mol. The average molecular weight is 423 g/mol. The molecule has 0 radical (unpaired) electrons. The molecule has 0 fully saturated rings. The summed E-state index contributed by atoms with van der Waals surface area (Å²) in [6.45, 7) is 0. The van der Waals surface area contributed by atoms with Gasteiger partial charge in [0.2, 0.25) is 0 Å². The highest BCUT2D eigenvalue weighted by Crippen LogP contribution is 2.35. The zero-order valence-electron chi connectivity index (χ0n) is 18.1. The summed E-state index contributed by atoms with van der Waals surface area (Å²) < 4.78 is 4.78. The highest BCUT2D eigenvalue weighted by Gasteiger charge is 2.17. The van der Waals surface area contributed by atoms with Gasteiger partial charge in [0, 0.05) is 33.1 Å². The number of benzene rings is 4. The second-order valence-corrected chi connectivity index (χ2v) is 8.58. The van der Waals surface area contributed by atoms with Gasteiger partial charge in [0.25, 0.3) is 0 Å². The molecule has 33 heavy (non-hydrogen) atoms. The Labute approximate surface area is 192 Å². The molecule has 0 N–H and O–H groups in total. The van der Waals surface area contributed by atoms with E-state index in [0.717, 1.165) is 6.42 Å². The molecule has 1 aliphatic rings. The number of nitrogens with zero attached hydrogens (tertiary/aromatic N) is 2. The van der Waals surface area contributed by atoms with E-state index in [-0.39, 0.29) is 0 Å². The molecule has 0 saturated heterocycles. The summed E-state index contributed by atoms with van der Waals surface area (Å²) in [7, 11) is 0. The maximum Gasteiger partial charge on any atom is 0.0541 e. The van der Waals surface area contributed by atoms with Crippen LogP contribution in [0.4, 0.5) is 0 Å². The number of para-hydroxylation sites is 3. The summed E-state index contributed by atoms with van der Waals surface area (Å²) in [5.74, 6) is 0. The van der Waals surface area contributed by atoms with E-state index in [1.807, 2.05) is 0 Å². The molecular weight excluding hydrogens is 400 g/mol. The minimum absolute atomic E-state index is 0.963. The monoisotopic (exact) mass is 422 g/mol. The highest BCUT2D eigenvalue weighted by molar-refractivity contribution is 6.09. The molecule has 156 valence electrons. The first-order valence-electron chi connectivity index (χ1n) is 11.5. The zero-order valence-corrected chi connectivity index (χ0v) is 18.1. The molecule has 7 rings (SSSR count). The third-order valence-electron chi connectivity index (χ3n) is 6.71. The number of aromatic nitrogens is 2. The van der Waals surface area contributed by atoms with E-state index in [9.17, 15) is 0 Å². The molecule has 0 spiro atoms. The van der Waals surface area contributed by atoms with Crippen molar-refractivity contribution in [3.63, 3.8) is 0 Å². The molecule has 0 aliphatic heterocycles. The van der Waals surface area contributed by atoms with Crippen molar-refractivity contribution in [2.75, 3.05) is 0 Å². The van der Waals surface area contributed by atoms with E-state index in [2.05, 4.69) is 131 Å². The van der Waals surface area contributed by atoms with Crippen molar-refractivity contribution in [2.24, 2.45) is 0 Å². The van der Waals surface area contributed by atoms with Crippen LogP contribution in [0.3, 0.4) is 0 Å². The lowest BCUT2D eigenvalue weighted by Crippen LogP contribution is -2.00. The second kappa shape index (κ2) is 7.11. The summed E-state index contributed by atoms with van der Waals surface area (Å²) in [6.07, 6.45) is 9.99. The molecule has 2 heteroatoms. The largest absolute Gasteiger partial charge is 0.309 e. The van der Waals surface area contributed by atoms with Crippen LogP contribution >= 0.6 is 0 Å². The minimum Gasteiger partial charge on any atom is -0.309 e. The molecular formula is C31H22N2. The number of hydrogen-bond donors (Lipinski definition) is 0. The summed E-state index contributed by atoms with van der Waals surface area (Å²) >= 11 is 0. The van der Waals surface area contributed by atoms with Crippen molar-refractivity contribution in [3.05, 3.63) is 120 Å². The van der Waals surface area contributed by atoms with Crippen LogP contribution in [0.1, 0.15) is 17.7 Å². The number of rotatable bonds is 2. The third-order valence-corrected chi connectivity index (χ3v) is 6.71. The van der Waals surface area contributed by atoms with Crippen LogP contribution in [-0.4, -0.2) is 9.13 Å². The third kappa shape index (κ3) is 2.68. The Morgan fingerprint density at radius 3 is 1.73 bits per heavy atom. The van der Waals surface area contributed by atoms with Crippen LogP contribution in [0.2, 0.25) is 0 Å². The molecule has 2 aromatic heterocycles. The Hall–Kier alpha value is -4.30. The maximum absolute atomic E-state index is 2.40. The number of hydrogen-bond acceptors (Lipinski definition) is 0. The summed E-state index contributed by atoms with van der Waals surface area (Å²) in [4.78, 5) is 0. The minimum atomic E-state index is 0.963. The van der Waals surface area contributed by atoms with Crippen LogP contribution in [0.15, 0.2) is 109 Å². The van der Waals surface area contributed by atoms with Gasteiger partial charge in [-0.25, -0.2) is 0 Å². The van der Waals surface area contributed by atoms with Crippen molar-refractivity contribution < 1.29 is 0 Å². The first kappa shape index (κ1) is 18.3. The van der Waals surface area contributed by atoms with Gasteiger partial charge in [-0.15, -0.1) is 0 Å². The van der Waals surface area contributed by atoms with Gasteiger partial charge in [0.05, 0.1) is 22.2 Å². The van der Waals surface area contributed by atoms with Gasteiger partial charge in [0.1, 0.15) is 0 Å². The first-order chi connectivity index (χ1) is 16.4. The molecule has 0 atom stereocenters. The van der Waals surface area contributed by atoms with E-state index in [1.54, 1.807) is 0 Å². The van der Waals surface area contributed by atoms with Crippen LogP contribution in [0.5, 0.6) is 0 Å². The van der Waals surface area contributed by atoms with Gasteiger partial charge in [-0.3, -0.25) is 0 Å². The van der Waals surface area contributed by atoms with E-state index in [1.165, 1.54) is 55.3 Å². The standard InChI is InChI=1S/C31H22N2/c1-2-13-24-25-14-4-7-18-29(25)32(28(24)17-3-1)22-11-10-12-23(21-22)33-30-19-8-5-15-26(30)27-16-6-9-20-31(27)33/h2-21H,1H2. The fraction of sp³-hybridized carbons (Fsp3) is 0.0323. The van der Waals surface area contributed by atoms with Crippen molar-refractivity contribution in [2.45, 2.75) is 6.42 Å². The first-order valence-corrected chi connectivity index (χ1v) is 11.5. The smallest absolute Gasteiger partial charge is 0.0541 e. The summed E-state index contributed by atoms with van der Waals surface area (Å²) in [6, 6.07) is 35.0. The quantitative estimate of drug-likeness (QED) is 0.266. The van der Waals surface area contributed by atoms with Gasteiger partial charge in [-0.1, -0.05) is 78.9 Å². The second-order valence-electron chi connectivity index (χ2n) is 8.58. The summed E-state index contributed by atoms with van der Waals surface area (Å²) in [5, 5.41) is 3.86. The van der Waals surface area contributed by atoms with Crippen molar-refractivity contribution in [1.29, 1.82) is 0 Å². The average Bonchev–Trinajstić information content (AvgIpc) is 3.25. The Morgan fingerprint density at radius 1 is 0.485 bits per heavy atom. The van der Waals surface area contributed by atoms with E-state index < -0.39 is 0 Å². The van der Waals surface area contributed by atoms with Gasteiger partial charge < -0.3 is 9.13 Å². The van der Waals surface area contributed by atoms with Crippen LogP contribution < -0.4 is 0 Å². The van der Waals surface area contributed by atoms with Crippen molar-refractivity contribution in [3.8, 4) is 11.4 Å². The van der Waals surface area contributed by atoms with Crippen molar-refractivity contribution in [1.82, 2.24) is 9.13 Å². The number of allylic oxidation sites excluding steroid dienone is 2. The topological polar surface area (TPSA) is 9.86 Å². The lowest BCUT2D eigenvalue weighted by atomic mass is 10.1. The molecule has 0 bridgehead atoms. The molecule has 1 aliphatic carbocycles. The molecule has 4 aromatic carbocycles. The lowest BCUT2D eigenvalue weighted by Gasteiger charge is -2.13. The van der Waals surface area contributed by atoms with E-state index in [4.69, 9.17) is 0 Å². The Balaban J connectivity index is 1.53. The van der Waals surface area contributed by atoms with Gasteiger partial charge in [-0.2, -0.15) is 0 Å². The fourth-order valence-corrected chi connectivity index (χ4v) is 5.32. The lowest BCUT2D eigenvalue weighted by molar-refractivity contribution is 1.09. The molecule has 2 nitrogen and oxygen atoms in total. The molecule has 2 heterocycles. The van der Waals surface area contributed by atoms with Crippen LogP contribution in [0.25, 0.3) is 56.2 Å². The Kier molecular flexibility index (Phi) is 3.94. The van der Waals surface area contributed by atoms with Crippen LogP contribution in [0, 0.1) is 0 Å². The maximum atomic E-state index is 2.40. The molecule has 0 saturated carbocycles. The fourth-order valence-electron chi connectivity index (χ4n) is 5.32. The van der Waals surface area contributed by atoms with Gasteiger partial charge >= 0.3 is 0 Å². The molecule has 6 aromatic rings. The predicted octanol–water partition coefficient (Wildman–Crippen LogP) is 8.16. The van der Waals surface area contributed by atoms with E-state index >= 15 is 0 Å².